The van der Waals surface area contributed by atoms with E-state index in [2.05, 4.69) is 27.0 Å². The average Bonchev–Trinajstić information content (AvgIpc) is 2.46. The van der Waals surface area contributed by atoms with Crippen LogP contribution in [0.2, 0.25) is 0 Å². The van der Waals surface area contributed by atoms with Crippen LogP contribution in [0.25, 0.3) is 0 Å². The van der Waals surface area contributed by atoms with Crippen molar-refractivity contribution in [2.45, 2.75) is 12.8 Å². The first-order valence-electron chi connectivity index (χ1n) is 6.20. The number of hydrogen-bond acceptors (Lipinski definition) is 3. The highest BCUT2D eigenvalue weighted by Crippen LogP contribution is 2.27. The molecule has 1 aliphatic carbocycles. The molecule has 0 aromatic carbocycles. The molecule has 4 nitrogen and oxygen atoms in total. The summed E-state index contributed by atoms with van der Waals surface area (Å²) in [6, 6.07) is 1.79. The molecule has 0 radical (unpaired) electrons. The molecule has 5 heteroatoms. The van der Waals surface area contributed by atoms with Gasteiger partial charge in [-0.2, -0.15) is 0 Å². The molecule has 0 atom stereocenters. The molecule has 19 heavy (non-hydrogen) atoms. The van der Waals surface area contributed by atoms with Crippen molar-refractivity contribution >= 4 is 21.8 Å². The van der Waals surface area contributed by atoms with E-state index in [1.54, 1.807) is 23.4 Å². The highest BCUT2D eigenvalue weighted by atomic mass is 79.9. The summed E-state index contributed by atoms with van der Waals surface area (Å²) in [6.45, 7) is 1.13. The Kier molecular flexibility index (Phi) is 3.38. The molecule has 2 aliphatic rings. The molecule has 1 amide bonds. The van der Waals surface area contributed by atoms with E-state index in [0.29, 0.717) is 18.7 Å². The normalized spacial score (nSPS) is 18.1. The fraction of sp³-hybridized carbons (Fsp3) is 0.286. The van der Waals surface area contributed by atoms with E-state index in [1.165, 1.54) is 0 Å². The van der Waals surface area contributed by atoms with E-state index < -0.39 is 0 Å². The number of carbonyl (C=O) groups excluding carboxylic acids is 1. The van der Waals surface area contributed by atoms with Crippen molar-refractivity contribution in [1.29, 1.82) is 0 Å². The Morgan fingerprint density at radius 1 is 1.42 bits per heavy atom. The molecule has 1 aromatic heterocycles. The van der Waals surface area contributed by atoms with Crippen LogP contribution in [0.1, 0.15) is 23.2 Å². The maximum atomic E-state index is 12.5. The van der Waals surface area contributed by atoms with Crippen molar-refractivity contribution in [3.63, 3.8) is 0 Å². The molecule has 98 valence electrons. The van der Waals surface area contributed by atoms with Gasteiger partial charge in [0.15, 0.2) is 0 Å². The maximum Gasteiger partial charge on any atom is 0.260 e. The van der Waals surface area contributed by atoms with E-state index >= 15 is 0 Å². The molecular weight excluding hydrogens is 308 g/mol. The van der Waals surface area contributed by atoms with Crippen molar-refractivity contribution in [3.8, 4) is 0 Å². The fourth-order valence-electron chi connectivity index (χ4n) is 2.29. The third kappa shape index (κ3) is 2.42. The van der Waals surface area contributed by atoms with Crippen LogP contribution in [0, 0.1) is 0 Å². The third-order valence-corrected chi connectivity index (χ3v) is 3.61. The van der Waals surface area contributed by atoms with Gasteiger partial charge in [0.05, 0.1) is 17.8 Å². The van der Waals surface area contributed by atoms with E-state index in [0.717, 1.165) is 28.8 Å². The number of halogens is 1. The largest absolute Gasteiger partial charge is 0.494 e. The standard InChI is InChI=1S/C14H13BrN2O2/c15-11-7-10(8-16-9-11)14(18)17-5-6-19-13-4-2-1-3-12(13)17/h1,3,7-9H,2,4-6H2. The van der Waals surface area contributed by atoms with Crippen LogP contribution in [0.3, 0.4) is 0 Å². The number of aromatic nitrogens is 1. The zero-order chi connectivity index (χ0) is 13.2. The van der Waals surface area contributed by atoms with Gasteiger partial charge in [0, 0.05) is 23.3 Å². The summed E-state index contributed by atoms with van der Waals surface area (Å²) in [5.41, 5.74) is 1.48. The van der Waals surface area contributed by atoms with Gasteiger partial charge >= 0.3 is 0 Å². The Hall–Kier alpha value is -1.62. The summed E-state index contributed by atoms with van der Waals surface area (Å²) in [7, 11) is 0. The first kappa shape index (κ1) is 12.4. The molecule has 1 aromatic rings. The van der Waals surface area contributed by atoms with Gasteiger partial charge in [0.2, 0.25) is 0 Å². The Labute approximate surface area is 119 Å². The second-order valence-electron chi connectivity index (χ2n) is 4.45. The first-order chi connectivity index (χ1) is 9.25. The minimum atomic E-state index is -0.0313. The summed E-state index contributed by atoms with van der Waals surface area (Å²) in [4.78, 5) is 18.4. The van der Waals surface area contributed by atoms with E-state index in [9.17, 15) is 4.79 Å². The number of hydrogen-bond donors (Lipinski definition) is 0. The minimum Gasteiger partial charge on any atom is -0.494 e. The summed E-state index contributed by atoms with van der Waals surface area (Å²) < 4.78 is 6.44. The van der Waals surface area contributed by atoms with Gasteiger partial charge in [0.25, 0.3) is 5.91 Å². The Bertz CT molecular complexity index is 581. The summed E-state index contributed by atoms with van der Waals surface area (Å²) in [6.07, 6.45) is 9.15. The van der Waals surface area contributed by atoms with Crippen LogP contribution < -0.4 is 0 Å². The van der Waals surface area contributed by atoms with Crippen LogP contribution in [0.4, 0.5) is 0 Å². The number of amides is 1. The van der Waals surface area contributed by atoms with Crippen molar-refractivity contribution in [2.24, 2.45) is 0 Å². The molecule has 3 rings (SSSR count). The van der Waals surface area contributed by atoms with E-state index in [1.807, 2.05) is 6.08 Å². The number of pyridine rings is 1. The lowest BCUT2D eigenvalue weighted by Gasteiger charge is -2.32. The maximum absolute atomic E-state index is 12.5. The number of carbonyl (C=O) groups is 1. The zero-order valence-electron chi connectivity index (χ0n) is 10.3. The lowest BCUT2D eigenvalue weighted by atomic mass is 10.1. The molecule has 0 fully saturated rings. The minimum absolute atomic E-state index is 0.0313. The molecule has 0 unspecified atom stereocenters. The summed E-state index contributed by atoms with van der Waals surface area (Å²) in [5, 5.41) is 0. The van der Waals surface area contributed by atoms with Crippen LogP contribution in [0.15, 0.2) is 46.5 Å². The van der Waals surface area contributed by atoms with Gasteiger partial charge in [0.1, 0.15) is 12.4 Å². The molecule has 0 spiro atoms. The van der Waals surface area contributed by atoms with Crippen molar-refractivity contribution in [1.82, 2.24) is 9.88 Å². The predicted octanol–water partition coefficient (Wildman–Crippen LogP) is 2.88. The predicted molar refractivity (Wildman–Crippen MR) is 74.3 cm³/mol. The number of nitrogens with zero attached hydrogens (tertiary/aromatic N) is 2. The lowest BCUT2D eigenvalue weighted by molar-refractivity contribution is 0.0678. The molecule has 0 saturated heterocycles. The second kappa shape index (κ2) is 5.17. The zero-order valence-corrected chi connectivity index (χ0v) is 11.9. The van der Waals surface area contributed by atoms with Crippen molar-refractivity contribution in [3.05, 3.63) is 52.1 Å². The van der Waals surface area contributed by atoms with Crippen LogP contribution in [-0.2, 0) is 4.74 Å². The molecule has 0 bridgehead atoms. The van der Waals surface area contributed by atoms with Crippen molar-refractivity contribution < 1.29 is 9.53 Å². The van der Waals surface area contributed by atoms with Gasteiger partial charge in [-0.1, -0.05) is 6.08 Å². The summed E-state index contributed by atoms with van der Waals surface area (Å²) in [5.74, 6) is 0.890. The molecule has 2 heterocycles. The lowest BCUT2D eigenvalue weighted by Crippen LogP contribution is -2.37. The Morgan fingerprint density at radius 3 is 3.16 bits per heavy atom. The third-order valence-electron chi connectivity index (χ3n) is 3.18. The first-order valence-corrected chi connectivity index (χ1v) is 7.00. The topological polar surface area (TPSA) is 42.4 Å². The number of allylic oxidation sites excluding steroid dienone is 3. The molecule has 0 saturated carbocycles. The number of rotatable bonds is 1. The van der Waals surface area contributed by atoms with E-state index in [-0.39, 0.29) is 5.91 Å². The van der Waals surface area contributed by atoms with Gasteiger partial charge in [-0.3, -0.25) is 9.78 Å². The average molecular weight is 321 g/mol. The van der Waals surface area contributed by atoms with Gasteiger partial charge in [-0.15, -0.1) is 0 Å². The quantitative estimate of drug-likeness (QED) is 0.799. The molecular formula is C14H13BrN2O2. The number of ether oxygens (including phenoxy) is 1. The van der Waals surface area contributed by atoms with Gasteiger partial charge in [-0.25, -0.2) is 0 Å². The molecule has 1 aliphatic heterocycles. The van der Waals surface area contributed by atoms with Gasteiger partial charge < -0.3 is 9.64 Å². The smallest absolute Gasteiger partial charge is 0.260 e. The highest BCUT2D eigenvalue weighted by Gasteiger charge is 2.27. The van der Waals surface area contributed by atoms with Crippen LogP contribution in [-0.4, -0.2) is 28.9 Å². The fourth-order valence-corrected chi connectivity index (χ4v) is 2.66. The Morgan fingerprint density at radius 2 is 2.32 bits per heavy atom. The highest BCUT2D eigenvalue weighted by molar-refractivity contribution is 9.10. The second-order valence-corrected chi connectivity index (χ2v) is 5.36. The van der Waals surface area contributed by atoms with E-state index in [4.69, 9.17) is 4.74 Å². The van der Waals surface area contributed by atoms with Crippen LogP contribution >= 0.6 is 15.9 Å². The van der Waals surface area contributed by atoms with Crippen molar-refractivity contribution in [2.75, 3.05) is 13.2 Å². The SMILES string of the molecule is O=C(c1cncc(Br)c1)N1CCOC2=C1C=CCC2. The monoisotopic (exact) mass is 320 g/mol. The molecule has 0 N–H and O–H groups in total. The summed E-state index contributed by atoms with van der Waals surface area (Å²) >= 11 is 3.34. The van der Waals surface area contributed by atoms with Crippen LogP contribution in [0.5, 0.6) is 0 Å². The Balaban J connectivity index is 1.93. The van der Waals surface area contributed by atoms with Gasteiger partial charge in [-0.05, 0) is 34.5 Å².